The summed E-state index contributed by atoms with van der Waals surface area (Å²) in [6.07, 6.45) is 1.82. The average Bonchev–Trinajstić information content (AvgIpc) is 2.49. The number of ether oxygens (including phenoxy) is 1. The molecule has 1 aromatic rings. The third-order valence-corrected chi connectivity index (χ3v) is 6.44. The SMILES string of the molecule is C[C@@H](CC(=O)O[C@H]1C[C@H]2C[C@H](C2(C)C)[C@@]1(C)O)c1ccccc1. The number of hydrogen-bond acceptors (Lipinski definition) is 3. The fourth-order valence-corrected chi connectivity index (χ4v) is 4.65. The highest BCUT2D eigenvalue weighted by Crippen LogP contribution is 2.63. The predicted octanol–water partition coefficient (Wildman–Crippen LogP) is 3.91. The third-order valence-electron chi connectivity index (χ3n) is 6.44. The Labute approximate surface area is 139 Å². The lowest BCUT2D eigenvalue weighted by Crippen LogP contribution is -2.67. The Kier molecular flexibility index (Phi) is 4.04. The summed E-state index contributed by atoms with van der Waals surface area (Å²) in [4.78, 5) is 12.3. The van der Waals surface area contributed by atoms with E-state index in [2.05, 4.69) is 13.8 Å². The van der Waals surface area contributed by atoms with Crippen LogP contribution < -0.4 is 0 Å². The molecule has 2 bridgehead atoms. The van der Waals surface area contributed by atoms with E-state index in [1.807, 2.05) is 44.2 Å². The fraction of sp³-hybridized carbons (Fsp3) is 0.650. The van der Waals surface area contributed by atoms with Crippen molar-refractivity contribution < 1.29 is 14.6 Å². The molecule has 0 saturated heterocycles. The topological polar surface area (TPSA) is 46.5 Å². The second-order valence-corrected chi connectivity index (χ2v) is 8.26. The molecule has 23 heavy (non-hydrogen) atoms. The van der Waals surface area contributed by atoms with Crippen LogP contribution in [0.2, 0.25) is 0 Å². The van der Waals surface area contributed by atoms with Gasteiger partial charge >= 0.3 is 5.97 Å². The van der Waals surface area contributed by atoms with Gasteiger partial charge in [0.05, 0.1) is 6.42 Å². The van der Waals surface area contributed by atoms with Gasteiger partial charge in [-0.05, 0) is 48.5 Å². The molecule has 3 fully saturated rings. The molecule has 0 amide bonds. The summed E-state index contributed by atoms with van der Waals surface area (Å²) in [6, 6.07) is 10.0. The zero-order valence-electron chi connectivity index (χ0n) is 14.6. The average molecular weight is 316 g/mol. The van der Waals surface area contributed by atoms with Gasteiger partial charge in [0.15, 0.2) is 0 Å². The molecule has 0 spiro atoms. The molecule has 3 aliphatic rings. The first-order valence-electron chi connectivity index (χ1n) is 8.69. The van der Waals surface area contributed by atoms with Crippen LogP contribution in [0, 0.1) is 17.3 Å². The summed E-state index contributed by atoms with van der Waals surface area (Å²) in [6.45, 7) is 8.31. The predicted molar refractivity (Wildman–Crippen MR) is 90.0 cm³/mol. The van der Waals surface area contributed by atoms with E-state index in [4.69, 9.17) is 4.74 Å². The lowest BCUT2D eigenvalue weighted by atomic mass is 9.43. The zero-order chi connectivity index (χ0) is 16.8. The molecule has 1 aromatic carbocycles. The van der Waals surface area contributed by atoms with Gasteiger partial charge in [0.1, 0.15) is 11.7 Å². The van der Waals surface area contributed by atoms with Crippen LogP contribution in [0.1, 0.15) is 58.4 Å². The van der Waals surface area contributed by atoms with Crippen molar-refractivity contribution in [3.8, 4) is 0 Å². The van der Waals surface area contributed by atoms with E-state index in [0.717, 1.165) is 18.4 Å². The Bertz CT molecular complexity index is 576. The van der Waals surface area contributed by atoms with Crippen LogP contribution in [0.5, 0.6) is 0 Å². The standard InChI is InChI=1S/C20H28O3/c1-13(14-8-6-5-7-9-14)10-18(21)23-17-12-15-11-16(19(15,2)3)20(17,4)22/h5-9,13,15-17,22H,10-12H2,1-4H3/t13-,15+,16+,17-,20+/m0/s1. The summed E-state index contributed by atoms with van der Waals surface area (Å²) < 4.78 is 5.70. The number of carbonyl (C=O) groups excluding carboxylic acids is 1. The first kappa shape index (κ1) is 16.5. The molecule has 0 unspecified atom stereocenters. The summed E-state index contributed by atoms with van der Waals surface area (Å²) in [7, 11) is 0. The molecule has 3 nitrogen and oxygen atoms in total. The monoisotopic (exact) mass is 316 g/mol. The van der Waals surface area contributed by atoms with Gasteiger partial charge in [-0.25, -0.2) is 0 Å². The molecule has 3 heteroatoms. The van der Waals surface area contributed by atoms with Crippen molar-refractivity contribution in [3.05, 3.63) is 35.9 Å². The third kappa shape index (κ3) is 2.80. The second-order valence-electron chi connectivity index (χ2n) is 8.26. The first-order chi connectivity index (χ1) is 10.7. The fourth-order valence-electron chi connectivity index (χ4n) is 4.65. The van der Waals surface area contributed by atoms with Gasteiger partial charge in [0.25, 0.3) is 0 Å². The van der Waals surface area contributed by atoms with E-state index in [-0.39, 0.29) is 29.3 Å². The number of esters is 1. The van der Waals surface area contributed by atoms with Gasteiger partial charge in [-0.2, -0.15) is 0 Å². The normalized spacial score (nSPS) is 36.0. The Balaban J connectivity index is 1.61. The number of fused-ring (bicyclic) bond motifs is 2. The molecular formula is C20H28O3. The largest absolute Gasteiger partial charge is 0.459 e. The summed E-state index contributed by atoms with van der Waals surface area (Å²) in [5.41, 5.74) is 0.386. The number of hydrogen-bond donors (Lipinski definition) is 1. The van der Waals surface area contributed by atoms with Crippen molar-refractivity contribution in [1.82, 2.24) is 0 Å². The van der Waals surface area contributed by atoms with Crippen molar-refractivity contribution in [3.63, 3.8) is 0 Å². The molecular weight excluding hydrogens is 288 g/mol. The molecule has 3 saturated carbocycles. The lowest BCUT2D eigenvalue weighted by molar-refractivity contribution is -0.253. The van der Waals surface area contributed by atoms with Crippen LogP contribution in [0.25, 0.3) is 0 Å². The van der Waals surface area contributed by atoms with Crippen LogP contribution in [0.15, 0.2) is 30.3 Å². The number of benzene rings is 1. The molecule has 3 aliphatic carbocycles. The van der Waals surface area contributed by atoms with Crippen molar-refractivity contribution in [2.24, 2.45) is 17.3 Å². The summed E-state index contributed by atoms with van der Waals surface area (Å²) in [5, 5.41) is 10.9. The van der Waals surface area contributed by atoms with Crippen molar-refractivity contribution in [2.75, 3.05) is 0 Å². The minimum Gasteiger partial charge on any atom is -0.459 e. The van der Waals surface area contributed by atoms with E-state index in [1.54, 1.807) is 0 Å². The molecule has 5 atom stereocenters. The van der Waals surface area contributed by atoms with Crippen LogP contribution in [0.3, 0.4) is 0 Å². The Hall–Kier alpha value is -1.35. The molecule has 0 aliphatic heterocycles. The summed E-state index contributed by atoms with van der Waals surface area (Å²) >= 11 is 0. The van der Waals surface area contributed by atoms with Crippen LogP contribution >= 0.6 is 0 Å². The van der Waals surface area contributed by atoms with E-state index < -0.39 is 5.60 Å². The van der Waals surface area contributed by atoms with Crippen molar-refractivity contribution >= 4 is 5.97 Å². The molecule has 0 radical (unpaired) electrons. The molecule has 0 aromatic heterocycles. The number of rotatable bonds is 4. The number of aliphatic hydroxyl groups is 1. The van der Waals surface area contributed by atoms with Crippen LogP contribution in [-0.4, -0.2) is 22.8 Å². The van der Waals surface area contributed by atoms with Crippen molar-refractivity contribution in [1.29, 1.82) is 0 Å². The lowest BCUT2D eigenvalue weighted by Gasteiger charge is -2.64. The van der Waals surface area contributed by atoms with Crippen LogP contribution in [-0.2, 0) is 9.53 Å². The van der Waals surface area contributed by atoms with Gasteiger partial charge in [-0.1, -0.05) is 51.1 Å². The van der Waals surface area contributed by atoms with Gasteiger partial charge in [0, 0.05) is 0 Å². The zero-order valence-corrected chi connectivity index (χ0v) is 14.6. The van der Waals surface area contributed by atoms with E-state index in [0.29, 0.717) is 12.3 Å². The first-order valence-corrected chi connectivity index (χ1v) is 8.69. The van der Waals surface area contributed by atoms with Gasteiger partial charge in [-0.15, -0.1) is 0 Å². The smallest absolute Gasteiger partial charge is 0.306 e. The highest BCUT2D eigenvalue weighted by Gasteiger charge is 2.64. The number of carbonyl (C=O) groups is 1. The maximum atomic E-state index is 12.3. The Morgan fingerprint density at radius 3 is 2.48 bits per heavy atom. The van der Waals surface area contributed by atoms with Gasteiger partial charge in [0.2, 0.25) is 0 Å². The minimum atomic E-state index is -0.913. The molecule has 126 valence electrons. The summed E-state index contributed by atoms with van der Waals surface area (Å²) in [5.74, 6) is 0.698. The quantitative estimate of drug-likeness (QED) is 0.857. The maximum Gasteiger partial charge on any atom is 0.306 e. The van der Waals surface area contributed by atoms with Gasteiger partial charge < -0.3 is 9.84 Å². The highest BCUT2D eigenvalue weighted by atomic mass is 16.6. The van der Waals surface area contributed by atoms with Gasteiger partial charge in [-0.3, -0.25) is 4.79 Å². The Morgan fingerprint density at radius 1 is 1.26 bits per heavy atom. The van der Waals surface area contributed by atoms with E-state index in [9.17, 15) is 9.90 Å². The second kappa shape index (κ2) is 5.62. The molecule has 0 heterocycles. The Morgan fingerprint density at radius 2 is 1.91 bits per heavy atom. The van der Waals surface area contributed by atoms with Crippen molar-refractivity contribution in [2.45, 2.75) is 64.6 Å². The van der Waals surface area contributed by atoms with E-state index >= 15 is 0 Å². The maximum absolute atomic E-state index is 12.3. The highest BCUT2D eigenvalue weighted by molar-refractivity contribution is 5.71. The molecule has 4 rings (SSSR count). The minimum absolute atomic E-state index is 0.128. The van der Waals surface area contributed by atoms with E-state index in [1.165, 1.54) is 0 Å². The van der Waals surface area contributed by atoms with Crippen LogP contribution in [0.4, 0.5) is 0 Å². The molecule has 1 N–H and O–H groups in total.